The molecular formula is C18H19ClN2O. The second kappa shape index (κ2) is 6.51. The van der Waals surface area contributed by atoms with Crippen LogP contribution < -0.4 is 5.32 Å². The molecule has 1 fully saturated rings. The van der Waals surface area contributed by atoms with Crippen LogP contribution in [-0.4, -0.2) is 36.5 Å². The minimum Gasteiger partial charge on any atom is -0.333 e. The van der Waals surface area contributed by atoms with Crippen molar-refractivity contribution in [2.45, 2.75) is 13.0 Å². The van der Waals surface area contributed by atoms with Crippen LogP contribution in [0.3, 0.4) is 0 Å². The molecule has 3 nitrogen and oxygen atoms in total. The number of nitrogens with one attached hydrogen (secondary N) is 1. The van der Waals surface area contributed by atoms with Gasteiger partial charge in [0.2, 0.25) is 0 Å². The smallest absolute Gasteiger partial charge is 0.255 e. The molecule has 1 aliphatic rings. The number of hydrogen-bond acceptors (Lipinski definition) is 2. The molecule has 2 aromatic carbocycles. The molecule has 1 unspecified atom stereocenters. The summed E-state index contributed by atoms with van der Waals surface area (Å²) < 4.78 is 0. The van der Waals surface area contributed by atoms with Crippen molar-refractivity contribution in [3.05, 3.63) is 59.1 Å². The van der Waals surface area contributed by atoms with Crippen molar-refractivity contribution in [2.75, 3.05) is 19.6 Å². The van der Waals surface area contributed by atoms with Gasteiger partial charge in [-0.3, -0.25) is 4.79 Å². The largest absolute Gasteiger partial charge is 0.333 e. The number of benzene rings is 2. The van der Waals surface area contributed by atoms with Gasteiger partial charge in [-0.1, -0.05) is 48.0 Å². The summed E-state index contributed by atoms with van der Waals surface area (Å²) in [5, 5.41) is 3.81. The van der Waals surface area contributed by atoms with Crippen LogP contribution in [0.15, 0.2) is 48.5 Å². The first-order valence-corrected chi connectivity index (χ1v) is 7.91. The molecule has 3 rings (SSSR count). The Kier molecular flexibility index (Phi) is 4.46. The molecule has 2 aromatic rings. The molecule has 0 spiro atoms. The first kappa shape index (κ1) is 15.1. The molecule has 1 heterocycles. The minimum absolute atomic E-state index is 0.0109. The van der Waals surface area contributed by atoms with Crippen LogP contribution in [0.1, 0.15) is 17.3 Å². The van der Waals surface area contributed by atoms with Crippen LogP contribution in [0.25, 0.3) is 11.1 Å². The highest BCUT2D eigenvalue weighted by molar-refractivity contribution is 6.34. The molecule has 0 radical (unpaired) electrons. The highest BCUT2D eigenvalue weighted by Gasteiger charge is 2.25. The molecule has 0 bridgehead atoms. The van der Waals surface area contributed by atoms with Crippen molar-refractivity contribution in [3.63, 3.8) is 0 Å². The molecular weight excluding hydrogens is 296 g/mol. The third-order valence-electron chi connectivity index (χ3n) is 4.07. The molecule has 1 atom stereocenters. The van der Waals surface area contributed by atoms with E-state index in [4.69, 9.17) is 11.6 Å². The highest BCUT2D eigenvalue weighted by Crippen LogP contribution is 2.26. The zero-order valence-corrected chi connectivity index (χ0v) is 13.3. The van der Waals surface area contributed by atoms with E-state index in [2.05, 4.69) is 12.2 Å². The maximum atomic E-state index is 12.8. The maximum Gasteiger partial charge on any atom is 0.255 e. The third kappa shape index (κ3) is 3.01. The van der Waals surface area contributed by atoms with Gasteiger partial charge in [-0.25, -0.2) is 0 Å². The molecule has 0 aliphatic carbocycles. The van der Waals surface area contributed by atoms with Crippen molar-refractivity contribution in [1.29, 1.82) is 0 Å². The summed E-state index contributed by atoms with van der Waals surface area (Å²) in [6.45, 7) is 4.42. The molecule has 1 saturated heterocycles. The fourth-order valence-electron chi connectivity index (χ4n) is 2.80. The van der Waals surface area contributed by atoms with Crippen molar-refractivity contribution in [2.24, 2.45) is 0 Å². The predicted octanol–water partition coefficient (Wildman–Crippen LogP) is 3.44. The number of piperazine rings is 1. The second-order valence-electron chi connectivity index (χ2n) is 5.61. The van der Waals surface area contributed by atoms with Crippen LogP contribution in [-0.2, 0) is 0 Å². The molecule has 1 aliphatic heterocycles. The van der Waals surface area contributed by atoms with Gasteiger partial charge in [0.15, 0.2) is 0 Å². The molecule has 114 valence electrons. The number of carbonyl (C=O) groups excluding carboxylic acids is 1. The number of rotatable bonds is 2. The van der Waals surface area contributed by atoms with Crippen LogP contribution in [0, 0.1) is 0 Å². The van der Waals surface area contributed by atoms with Crippen molar-refractivity contribution in [3.8, 4) is 11.1 Å². The van der Waals surface area contributed by atoms with E-state index >= 15 is 0 Å². The lowest BCUT2D eigenvalue weighted by molar-refractivity contribution is 0.0656. The SMILES string of the molecule is CC1CNCCN1C(=O)c1cc(-c2ccccc2)ccc1Cl. The summed E-state index contributed by atoms with van der Waals surface area (Å²) in [4.78, 5) is 14.7. The minimum atomic E-state index is 0.0109. The Hall–Kier alpha value is -1.84. The lowest BCUT2D eigenvalue weighted by Gasteiger charge is -2.34. The van der Waals surface area contributed by atoms with Gasteiger partial charge in [-0.15, -0.1) is 0 Å². The second-order valence-corrected chi connectivity index (χ2v) is 6.02. The van der Waals surface area contributed by atoms with Crippen molar-refractivity contribution >= 4 is 17.5 Å². The van der Waals surface area contributed by atoms with E-state index in [9.17, 15) is 4.79 Å². The third-order valence-corrected chi connectivity index (χ3v) is 4.40. The normalized spacial score (nSPS) is 18.3. The van der Waals surface area contributed by atoms with E-state index < -0.39 is 0 Å². The average molecular weight is 315 g/mol. The average Bonchev–Trinajstić information content (AvgIpc) is 2.56. The van der Waals surface area contributed by atoms with Crippen LogP contribution in [0.5, 0.6) is 0 Å². The van der Waals surface area contributed by atoms with E-state index in [1.807, 2.05) is 53.4 Å². The first-order valence-electron chi connectivity index (χ1n) is 7.53. The summed E-state index contributed by atoms with van der Waals surface area (Å²) >= 11 is 6.28. The van der Waals surface area contributed by atoms with Gasteiger partial charge >= 0.3 is 0 Å². The number of nitrogens with zero attached hydrogens (tertiary/aromatic N) is 1. The van der Waals surface area contributed by atoms with Gasteiger partial charge in [-0.2, -0.15) is 0 Å². The Labute approximate surface area is 135 Å². The predicted molar refractivity (Wildman–Crippen MR) is 90.3 cm³/mol. The fourth-order valence-corrected chi connectivity index (χ4v) is 3.00. The highest BCUT2D eigenvalue weighted by atomic mass is 35.5. The summed E-state index contributed by atoms with van der Waals surface area (Å²) in [6.07, 6.45) is 0. The summed E-state index contributed by atoms with van der Waals surface area (Å²) in [6, 6.07) is 15.9. The molecule has 0 saturated carbocycles. The van der Waals surface area contributed by atoms with Crippen LogP contribution in [0.2, 0.25) is 5.02 Å². The molecule has 1 N–H and O–H groups in total. The topological polar surface area (TPSA) is 32.3 Å². The quantitative estimate of drug-likeness (QED) is 0.921. The van der Waals surface area contributed by atoms with Gasteiger partial charge in [0, 0.05) is 25.7 Å². The van der Waals surface area contributed by atoms with Crippen molar-refractivity contribution in [1.82, 2.24) is 10.2 Å². The van der Waals surface area contributed by atoms with Gasteiger partial charge in [0.1, 0.15) is 0 Å². The number of amides is 1. The monoisotopic (exact) mass is 314 g/mol. The van der Waals surface area contributed by atoms with E-state index in [0.717, 1.165) is 24.2 Å². The van der Waals surface area contributed by atoms with E-state index in [1.54, 1.807) is 0 Å². The zero-order chi connectivity index (χ0) is 15.5. The van der Waals surface area contributed by atoms with E-state index in [0.29, 0.717) is 17.1 Å². The lowest BCUT2D eigenvalue weighted by Crippen LogP contribution is -2.52. The Balaban J connectivity index is 1.94. The van der Waals surface area contributed by atoms with E-state index in [1.165, 1.54) is 0 Å². The zero-order valence-electron chi connectivity index (χ0n) is 12.6. The van der Waals surface area contributed by atoms with Crippen LogP contribution in [0.4, 0.5) is 0 Å². The van der Waals surface area contributed by atoms with E-state index in [-0.39, 0.29) is 11.9 Å². The number of carbonyl (C=O) groups is 1. The summed E-state index contributed by atoms with van der Waals surface area (Å²) in [5.41, 5.74) is 2.68. The Morgan fingerprint density at radius 3 is 2.68 bits per heavy atom. The van der Waals surface area contributed by atoms with Gasteiger partial charge in [-0.05, 0) is 30.2 Å². The summed E-state index contributed by atoms with van der Waals surface area (Å²) in [5.74, 6) is 0.0109. The van der Waals surface area contributed by atoms with Crippen molar-refractivity contribution < 1.29 is 4.79 Å². The lowest BCUT2D eigenvalue weighted by atomic mass is 10.0. The summed E-state index contributed by atoms with van der Waals surface area (Å²) in [7, 11) is 0. The number of hydrogen-bond donors (Lipinski definition) is 1. The molecule has 0 aromatic heterocycles. The standard InChI is InChI=1S/C18H19ClN2O/c1-13-12-20-9-10-21(13)18(22)16-11-15(7-8-17(16)19)14-5-3-2-4-6-14/h2-8,11,13,20H,9-10,12H2,1H3. The first-order chi connectivity index (χ1) is 10.7. The Morgan fingerprint density at radius 1 is 1.18 bits per heavy atom. The maximum absolute atomic E-state index is 12.8. The Bertz CT molecular complexity index is 672. The fraction of sp³-hybridized carbons (Fsp3) is 0.278. The number of halogens is 1. The Morgan fingerprint density at radius 2 is 1.95 bits per heavy atom. The molecule has 1 amide bonds. The van der Waals surface area contributed by atoms with Gasteiger partial charge < -0.3 is 10.2 Å². The molecule has 4 heteroatoms. The van der Waals surface area contributed by atoms with Gasteiger partial charge in [0.25, 0.3) is 5.91 Å². The molecule has 22 heavy (non-hydrogen) atoms. The van der Waals surface area contributed by atoms with Gasteiger partial charge in [0.05, 0.1) is 10.6 Å². The van der Waals surface area contributed by atoms with Crippen LogP contribution >= 0.6 is 11.6 Å².